The third-order valence-corrected chi connectivity index (χ3v) is 9.28. The van der Waals surface area contributed by atoms with Crippen molar-refractivity contribution in [3.05, 3.63) is 76.8 Å². The second kappa shape index (κ2) is 13.1. The highest BCUT2D eigenvalue weighted by molar-refractivity contribution is 7.91. The lowest BCUT2D eigenvalue weighted by molar-refractivity contribution is -0.101. The molecule has 0 aliphatic carbocycles. The summed E-state index contributed by atoms with van der Waals surface area (Å²) in [6.45, 7) is 6.17. The van der Waals surface area contributed by atoms with Gasteiger partial charge in [0, 0.05) is 29.2 Å². The van der Waals surface area contributed by atoms with E-state index < -0.39 is 16.4 Å². The minimum absolute atomic E-state index is 0.128. The molecule has 0 aliphatic heterocycles. The first-order chi connectivity index (χ1) is 19.2. The van der Waals surface area contributed by atoms with E-state index in [0.29, 0.717) is 35.4 Å². The van der Waals surface area contributed by atoms with Crippen molar-refractivity contribution in [3.63, 3.8) is 0 Å². The number of sulfonamides is 1. The van der Waals surface area contributed by atoms with Crippen LogP contribution in [0.25, 0.3) is 22.5 Å². The summed E-state index contributed by atoms with van der Waals surface area (Å²) < 4.78 is 41.1. The Hall–Kier alpha value is -3.06. The molecule has 4 rings (SSSR count). The van der Waals surface area contributed by atoms with Crippen LogP contribution in [0.4, 0.5) is 0 Å². The Bertz CT molecular complexity index is 1510. The van der Waals surface area contributed by atoms with Crippen LogP contribution in [0.1, 0.15) is 36.9 Å². The SMILES string of the molecule is CCOC(O)NS(=O)(=O)c1sc(CC(C)C)cc1-c1ccc(Cn2c(-c3ccccc3)nc(OC)c2CO)cc1. The van der Waals surface area contributed by atoms with Gasteiger partial charge < -0.3 is 24.3 Å². The quantitative estimate of drug-likeness (QED) is 0.196. The standard InChI is InChI=1S/C29H35N3O6S2/c1-5-38-29(34)31-40(35,36)28-24(16-23(39-28)15-19(2)3)21-13-11-20(12-14-21)17-32-25(18-33)27(37-4)30-26(32)22-9-7-6-8-10-22/h6-14,16,19,29,31,33-34H,5,15,17-18H2,1-4H3. The van der Waals surface area contributed by atoms with Crippen molar-refractivity contribution in [3.8, 4) is 28.4 Å². The summed E-state index contributed by atoms with van der Waals surface area (Å²) in [7, 11) is -2.51. The normalized spacial score (nSPS) is 12.7. The molecule has 4 aromatic rings. The van der Waals surface area contributed by atoms with E-state index in [2.05, 4.69) is 23.6 Å². The molecule has 2 aromatic carbocycles. The van der Waals surface area contributed by atoms with E-state index in [4.69, 9.17) is 9.47 Å². The summed E-state index contributed by atoms with van der Waals surface area (Å²) >= 11 is 1.20. The first kappa shape index (κ1) is 29.9. The van der Waals surface area contributed by atoms with Crippen molar-refractivity contribution in [1.82, 2.24) is 14.3 Å². The van der Waals surface area contributed by atoms with Crippen LogP contribution in [0.2, 0.25) is 0 Å². The van der Waals surface area contributed by atoms with Crippen LogP contribution in [0.15, 0.2) is 64.9 Å². The number of aliphatic hydroxyl groups is 2. The molecule has 0 amide bonds. The number of methoxy groups -OCH3 is 1. The highest BCUT2D eigenvalue weighted by atomic mass is 32.2. The average Bonchev–Trinajstić information content (AvgIpc) is 3.51. The third-order valence-electron chi connectivity index (χ3n) is 6.20. The van der Waals surface area contributed by atoms with Crippen molar-refractivity contribution in [1.29, 1.82) is 0 Å². The molecule has 0 aliphatic rings. The van der Waals surface area contributed by atoms with Crippen molar-refractivity contribution in [2.75, 3.05) is 13.7 Å². The predicted octanol–water partition coefficient (Wildman–Crippen LogP) is 4.62. The van der Waals surface area contributed by atoms with Crippen LogP contribution >= 0.6 is 11.3 Å². The Kier molecular flexibility index (Phi) is 9.77. The summed E-state index contributed by atoms with van der Waals surface area (Å²) in [6, 6.07) is 19.2. The number of imidazole rings is 1. The Labute approximate surface area is 239 Å². The maximum absolute atomic E-state index is 13.2. The van der Waals surface area contributed by atoms with Gasteiger partial charge in [0.25, 0.3) is 10.0 Å². The fraction of sp³-hybridized carbons (Fsp3) is 0.345. The number of aromatic nitrogens is 2. The van der Waals surface area contributed by atoms with Gasteiger partial charge in [-0.1, -0.05) is 68.4 Å². The van der Waals surface area contributed by atoms with E-state index in [-0.39, 0.29) is 17.4 Å². The van der Waals surface area contributed by atoms with E-state index in [1.807, 2.05) is 65.2 Å². The lowest BCUT2D eigenvalue weighted by Gasteiger charge is -2.14. The zero-order chi connectivity index (χ0) is 28.9. The van der Waals surface area contributed by atoms with Crippen molar-refractivity contribution in [2.45, 2.75) is 51.0 Å². The summed E-state index contributed by atoms with van der Waals surface area (Å²) in [5.41, 5.74) is 3.69. The number of aliphatic hydroxyl groups excluding tert-OH is 2. The zero-order valence-corrected chi connectivity index (χ0v) is 24.6. The molecule has 1 atom stereocenters. The molecule has 2 heterocycles. The molecular formula is C29H35N3O6S2. The van der Waals surface area contributed by atoms with Crippen LogP contribution in [-0.4, -0.2) is 48.3 Å². The lowest BCUT2D eigenvalue weighted by atomic mass is 10.0. The average molecular weight is 586 g/mol. The van der Waals surface area contributed by atoms with E-state index in [0.717, 1.165) is 28.0 Å². The molecule has 2 aromatic heterocycles. The van der Waals surface area contributed by atoms with Gasteiger partial charge in [-0.25, -0.2) is 8.42 Å². The molecule has 40 heavy (non-hydrogen) atoms. The maximum Gasteiger partial charge on any atom is 0.254 e. The Balaban J connectivity index is 1.69. The molecule has 0 saturated heterocycles. The zero-order valence-electron chi connectivity index (χ0n) is 23.0. The lowest BCUT2D eigenvalue weighted by Crippen LogP contribution is -2.36. The van der Waals surface area contributed by atoms with Crippen molar-refractivity contribution >= 4 is 21.4 Å². The Morgan fingerprint density at radius 3 is 2.38 bits per heavy atom. The van der Waals surface area contributed by atoms with Gasteiger partial charge in [-0.05, 0) is 36.5 Å². The number of nitrogens with one attached hydrogen (secondary N) is 1. The molecule has 0 radical (unpaired) electrons. The van der Waals surface area contributed by atoms with E-state index >= 15 is 0 Å². The van der Waals surface area contributed by atoms with Gasteiger partial charge in [-0.15, -0.1) is 11.3 Å². The van der Waals surface area contributed by atoms with Crippen LogP contribution < -0.4 is 9.46 Å². The molecule has 0 fully saturated rings. The number of nitrogens with zero attached hydrogens (tertiary/aromatic N) is 2. The summed E-state index contributed by atoms with van der Waals surface area (Å²) in [4.78, 5) is 5.55. The second-order valence-corrected chi connectivity index (χ2v) is 12.7. The van der Waals surface area contributed by atoms with E-state index in [1.165, 1.54) is 18.4 Å². The van der Waals surface area contributed by atoms with Crippen LogP contribution in [0.5, 0.6) is 5.88 Å². The fourth-order valence-corrected chi connectivity index (χ4v) is 7.37. The van der Waals surface area contributed by atoms with Gasteiger partial charge in [0.15, 0.2) is 0 Å². The second-order valence-electron chi connectivity index (χ2n) is 9.64. The molecule has 3 N–H and O–H groups in total. The molecule has 11 heteroatoms. The minimum atomic E-state index is -4.04. The largest absolute Gasteiger partial charge is 0.480 e. The van der Waals surface area contributed by atoms with Gasteiger partial charge in [-0.2, -0.15) is 9.71 Å². The summed E-state index contributed by atoms with van der Waals surface area (Å²) in [6.07, 6.45) is -0.902. The Morgan fingerprint density at radius 2 is 1.77 bits per heavy atom. The highest BCUT2D eigenvalue weighted by Gasteiger charge is 2.26. The van der Waals surface area contributed by atoms with Gasteiger partial charge >= 0.3 is 0 Å². The number of rotatable bonds is 13. The number of benzene rings is 2. The first-order valence-corrected chi connectivity index (χ1v) is 15.3. The summed E-state index contributed by atoms with van der Waals surface area (Å²) in [5, 5.41) is 20.1. The third kappa shape index (κ3) is 6.80. The smallest absolute Gasteiger partial charge is 0.254 e. The molecular weight excluding hydrogens is 550 g/mol. The van der Waals surface area contributed by atoms with Crippen LogP contribution in [0.3, 0.4) is 0 Å². The molecule has 214 valence electrons. The minimum Gasteiger partial charge on any atom is -0.480 e. The molecule has 1 unspecified atom stereocenters. The molecule has 0 saturated carbocycles. The number of hydrogen-bond acceptors (Lipinski definition) is 8. The maximum atomic E-state index is 13.2. The number of thiophene rings is 1. The molecule has 0 bridgehead atoms. The van der Waals surface area contributed by atoms with E-state index in [1.54, 1.807) is 6.92 Å². The number of ether oxygens (including phenoxy) is 2. The topological polar surface area (TPSA) is 123 Å². The van der Waals surface area contributed by atoms with Gasteiger partial charge in [0.2, 0.25) is 12.3 Å². The van der Waals surface area contributed by atoms with Crippen LogP contribution in [0, 0.1) is 5.92 Å². The predicted molar refractivity (Wildman–Crippen MR) is 155 cm³/mol. The van der Waals surface area contributed by atoms with E-state index in [9.17, 15) is 18.6 Å². The first-order valence-electron chi connectivity index (χ1n) is 13.0. The Morgan fingerprint density at radius 1 is 1.07 bits per heavy atom. The van der Waals surface area contributed by atoms with Crippen molar-refractivity contribution < 1.29 is 28.1 Å². The van der Waals surface area contributed by atoms with Gasteiger partial charge in [-0.3, -0.25) is 0 Å². The highest BCUT2D eigenvalue weighted by Crippen LogP contribution is 2.37. The fourth-order valence-electron chi connectivity index (χ4n) is 4.44. The van der Waals surface area contributed by atoms with Gasteiger partial charge in [0.05, 0.1) is 13.7 Å². The van der Waals surface area contributed by atoms with Gasteiger partial charge in [0.1, 0.15) is 15.7 Å². The van der Waals surface area contributed by atoms with Crippen molar-refractivity contribution in [2.24, 2.45) is 5.92 Å². The molecule has 9 nitrogen and oxygen atoms in total. The van der Waals surface area contributed by atoms with Crippen LogP contribution in [-0.2, 0) is 34.3 Å². The monoisotopic (exact) mass is 585 g/mol. The number of hydrogen-bond donors (Lipinski definition) is 3. The summed E-state index contributed by atoms with van der Waals surface area (Å²) in [5.74, 6) is 1.39. The molecule has 0 spiro atoms.